The van der Waals surface area contributed by atoms with Gasteiger partial charge in [-0.3, -0.25) is 19.6 Å². The monoisotopic (exact) mass is 296 g/mol. The van der Waals surface area contributed by atoms with Crippen LogP contribution in [0.25, 0.3) is 0 Å². The van der Waals surface area contributed by atoms with Gasteiger partial charge in [0.05, 0.1) is 11.1 Å². The van der Waals surface area contributed by atoms with Crippen molar-refractivity contribution in [1.82, 2.24) is 20.6 Å². The van der Waals surface area contributed by atoms with E-state index in [1.165, 1.54) is 18.5 Å². The molecule has 0 saturated carbocycles. The molecular weight excluding hydrogens is 280 g/mol. The van der Waals surface area contributed by atoms with Crippen molar-refractivity contribution >= 4 is 11.8 Å². The normalized spacial score (nSPS) is 9.82. The van der Waals surface area contributed by atoms with Gasteiger partial charge in [-0.25, -0.2) is 0 Å². The number of hydrogen-bond acceptors (Lipinski definition) is 4. The van der Waals surface area contributed by atoms with Crippen molar-refractivity contribution in [2.24, 2.45) is 0 Å². The van der Waals surface area contributed by atoms with Gasteiger partial charge in [-0.1, -0.05) is 12.1 Å². The second-order valence-electron chi connectivity index (χ2n) is 4.50. The Morgan fingerprint density at radius 3 is 2.45 bits per heavy atom. The number of pyridine rings is 2. The molecule has 22 heavy (non-hydrogen) atoms. The summed E-state index contributed by atoms with van der Waals surface area (Å²) in [4.78, 5) is 31.8. The van der Waals surface area contributed by atoms with Crippen molar-refractivity contribution in [2.75, 3.05) is 6.54 Å². The van der Waals surface area contributed by atoms with E-state index in [2.05, 4.69) is 27.2 Å². The van der Waals surface area contributed by atoms with Gasteiger partial charge in [-0.15, -0.1) is 6.58 Å². The van der Waals surface area contributed by atoms with Crippen LogP contribution in [0.3, 0.4) is 0 Å². The molecule has 0 spiro atoms. The van der Waals surface area contributed by atoms with Gasteiger partial charge in [0.15, 0.2) is 0 Å². The number of hydrogen-bond donors (Lipinski definition) is 2. The molecule has 2 rings (SSSR count). The third kappa shape index (κ3) is 4.24. The molecule has 6 nitrogen and oxygen atoms in total. The smallest absolute Gasteiger partial charge is 0.253 e. The van der Waals surface area contributed by atoms with Crippen LogP contribution >= 0.6 is 0 Å². The Morgan fingerprint density at radius 2 is 1.82 bits per heavy atom. The van der Waals surface area contributed by atoms with Gasteiger partial charge >= 0.3 is 0 Å². The molecule has 0 atom stereocenters. The molecule has 0 radical (unpaired) electrons. The molecule has 2 heterocycles. The van der Waals surface area contributed by atoms with E-state index < -0.39 is 0 Å². The summed E-state index contributed by atoms with van der Waals surface area (Å²) in [6.07, 6.45) is 7.76. The third-order valence-corrected chi connectivity index (χ3v) is 2.85. The maximum absolute atomic E-state index is 12.1. The minimum absolute atomic E-state index is 0.297. The van der Waals surface area contributed by atoms with E-state index >= 15 is 0 Å². The first-order chi connectivity index (χ1) is 10.7. The lowest BCUT2D eigenvalue weighted by Gasteiger charge is -2.06. The van der Waals surface area contributed by atoms with E-state index in [1.54, 1.807) is 24.5 Å². The third-order valence-electron chi connectivity index (χ3n) is 2.85. The van der Waals surface area contributed by atoms with Crippen molar-refractivity contribution < 1.29 is 9.59 Å². The Balaban J connectivity index is 2.00. The van der Waals surface area contributed by atoms with E-state index in [4.69, 9.17) is 0 Å². The molecular formula is C16H16N4O2. The van der Waals surface area contributed by atoms with E-state index in [0.717, 1.165) is 5.56 Å². The average Bonchev–Trinajstić information content (AvgIpc) is 2.58. The molecule has 0 fully saturated rings. The SMILES string of the molecule is C=CCNC(=O)c1cncc(C(=O)NCc2cccnc2)c1. The molecule has 2 aromatic rings. The second-order valence-corrected chi connectivity index (χ2v) is 4.50. The molecule has 0 bridgehead atoms. The zero-order valence-corrected chi connectivity index (χ0v) is 12.0. The van der Waals surface area contributed by atoms with Crippen LogP contribution in [-0.2, 0) is 6.54 Å². The maximum Gasteiger partial charge on any atom is 0.253 e. The van der Waals surface area contributed by atoms with Crippen LogP contribution in [0.1, 0.15) is 26.3 Å². The van der Waals surface area contributed by atoms with E-state index in [0.29, 0.717) is 24.2 Å². The van der Waals surface area contributed by atoms with Crippen LogP contribution in [-0.4, -0.2) is 28.3 Å². The molecule has 0 aliphatic heterocycles. The highest BCUT2D eigenvalue weighted by Gasteiger charge is 2.10. The second kappa shape index (κ2) is 7.68. The van der Waals surface area contributed by atoms with Gasteiger partial charge in [0.25, 0.3) is 11.8 Å². The highest BCUT2D eigenvalue weighted by molar-refractivity contribution is 5.99. The predicted molar refractivity (Wildman–Crippen MR) is 82.2 cm³/mol. The highest BCUT2D eigenvalue weighted by atomic mass is 16.2. The molecule has 0 aliphatic carbocycles. The van der Waals surface area contributed by atoms with E-state index in [9.17, 15) is 9.59 Å². The van der Waals surface area contributed by atoms with E-state index in [-0.39, 0.29) is 11.8 Å². The van der Waals surface area contributed by atoms with Crippen molar-refractivity contribution in [3.05, 3.63) is 72.3 Å². The largest absolute Gasteiger partial charge is 0.349 e. The van der Waals surface area contributed by atoms with E-state index in [1.807, 2.05) is 6.07 Å². The predicted octanol–water partition coefficient (Wildman–Crippen LogP) is 1.32. The summed E-state index contributed by atoms with van der Waals surface area (Å²) in [6, 6.07) is 5.17. The minimum atomic E-state index is -0.297. The number of aromatic nitrogens is 2. The minimum Gasteiger partial charge on any atom is -0.349 e. The van der Waals surface area contributed by atoms with Crippen LogP contribution in [0.4, 0.5) is 0 Å². The maximum atomic E-state index is 12.1. The zero-order valence-electron chi connectivity index (χ0n) is 12.0. The van der Waals surface area contributed by atoms with Crippen molar-refractivity contribution in [3.8, 4) is 0 Å². The molecule has 0 aliphatic rings. The summed E-state index contributed by atoms with van der Waals surface area (Å²) < 4.78 is 0. The number of rotatable bonds is 6. The summed E-state index contributed by atoms with van der Waals surface area (Å²) in [7, 11) is 0. The molecule has 2 amide bonds. The van der Waals surface area contributed by atoms with Gasteiger partial charge < -0.3 is 10.6 Å². The van der Waals surface area contributed by atoms with Crippen molar-refractivity contribution in [2.45, 2.75) is 6.54 Å². The van der Waals surface area contributed by atoms with Crippen molar-refractivity contribution in [3.63, 3.8) is 0 Å². The van der Waals surface area contributed by atoms with Crippen LogP contribution in [0.5, 0.6) is 0 Å². The number of nitrogens with one attached hydrogen (secondary N) is 2. The first-order valence-electron chi connectivity index (χ1n) is 6.72. The van der Waals surface area contributed by atoms with Gasteiger partial charge in [-0.05, 0) is 17.7 Å². The fraction of sp³-hybridized carbons (Fsp3) is 0.125. The summed E-state index contributed by atoms with van der Waals surface area (Å²) in [5, 5.41) is 5.39. The fourth-order valence-corrected chi connectivity index (χ4v) is 1.74. The number of nitrogens with zero attached hydrogens (tertiary/aromatic N) is 2. The van der Waals surface area contributed by atoms with Crippen LogP contribution < -0.4 is 10.6 Å². The lowest BCUT2D eigenvalue weighted by atomic mass is 10.2. The standard InChI is InChI=1S/C16H16N4O2/c1-2-5-19-15(21)13-7-14(11-18-10-13)16(22)20-9-12-4-3-6-17-8-12/h2-4,6-8,10-11H,1,5,9H2,(H,19,21)(H,20,22). The topological polar surface area (TPSA) is 84.0 Å². The van der Waals surface area contributed by atoms with Gasteiger partial charge in [0.1, 0.15) is 0 Å². The fourth-order valence-electron chi connectivity index (χ4n) is 1.74. The quantitative estimate of drug-likeness (QED) is 0.788. The lowest BCUT2D eigenvalue weighted by molar-refractivity contribution is 0.0950. The van der Waals surface area contributed by atoms with Gasteiger partial charge in [0.2, 0.25) is 0 Å². The Morgan fingerprint density at radius 1 is 1.09 bits per heavy atom. The molecule has 0 aromatic carbocycles. The first-order valence-corrected chi connectivity index (χ1v) is 6.72. The van der Waals surface area contributed by atoms with Crippen LogP contribution in [0.2, 0.25) is 0 Å². The Kier molecular flexibility index (Phi) is 5.37. The summed E-state index contributed by atoms with van der Waals surface area (Å²) >= 11 is 0. The summed E-state index contributed by atoms with van der Waals surface area (Å²) in [6.45, 7) is 4.24. The van der Waals surface area contributed by atoms with Gasteiger partial charge in [0, 0.05) is 37.9 Å². The molecule has 112 valence electrons. The summed E-state index contributed by atoms with van der Waals surface area (Å²) in [5.41, 5.74) is 1.55. The number of amides is 2. The molecule has 2 N–H and O–H groups in total. The van der Waals surface area contributed by atoms with Crippen LogP contribution in [0, 0.1) is 0 Å². The Bertz CT molecular complexity index is 671. The number of carbonyl (C=O) groups excluding carboxylic acids is 2. The Hall–Kier alpha value is -3.02. The Labute approximate surface area is 128 Å². The van der Waals surface area contributed by atoms with Gasteiger partial charge in [-0.2, -0.15) is 0 Å². The molecule has 0 unspecified atom stereocenters. The number of carbonyl (C=O) groups is 2. The summed E-state index contributed by atoms with van der Waals surface area (Å²) in [5.74, 6) is -0.593. The lowest BCUT2D eigenvalue weighted by Crippen LogP contribution is -2.26. The molecule has 6 heteroatoms. The van der Waals surface area contributed by atoms with Crippen molar-refractivity contribution in [1.29, 1.82) is 0 Å². The highest BCUT2D eigenvalue weighted by Crippen LogP contribution is 2.04. The first kappa shape index (κ1) is 15.4. The average molecular weight is 296 g/mol. The van der Waals surface area contributed by atoms with Crippen LogP contribution in [0.15, 0.2) is 55.6 Å². The molecule has 0 saturated heterocycles. The molecule has 2 aromatic heterocycles. The zero-order chi connectivity index (χ0) is 15.8.